The van der Waals surface area contributed by atoms with Gasteiger partial charge in [0.15, 0.2) is 0 Å². The summed E-state index contributed by atoms with van der Waals surface area (Å²) in [5, 5.41) is 2.01. The van der Waals surface area contributed by atoms with Crippen LogP contribution in [0.15, 0.2) is 54.2 Å². The fourth-order valence-corrected chi connectivity index (χ4v) is 3.71. The van der Waals surface area contributed by atoms with Gasteiger partial charge in [-0.25, -0.2) is 4.98 Å². The van der Waals surface area contributed by atoms with Crippen LogP contribution in [0.5, 0.6) is 0 Å². The molecule has 0 unspecified atom stereocenters. The summed E-state index contributed by atoms with van der Waals surface area (Å²) in [5.41, 5.74) is 0.860. The van der Waals surface area contributed by atoms with Crippen molar-refractivity contribution in [2.75, 3.05) is 0 Å². The van der Waals surface area contributed by atoms with Gasteiger partial charge in [0.2, 0.25) is 0 Å². The number of rotatable bonds is 5. The molecule has 28 heavy (non-hydrogen) atoms. The lowest BCUT2D eigenvalue weighted by atomic mass is 10.1. The molecule has 0 spiro atoms. The van der Waals surface area contributed by atoms with Crippen molar-refractivity contribution >= 4 is 17.2 Å². The minimum atomic E-state index is -4.42. The molecule has 0 atom stereocenters. The van der Waals surface area contributed by atoms with E-state index in [1.54, 1.807) is 28.7 Å². The van der Waals surface area contributed by atoms with E-state index in [1.807, 2.05) is 12.1 Å². The van der Waals surface area contributed by atoms with Crippen LogP contribution >= 0.6 is 11.3 Å². The van der Waals surface area contributed by atoms with Crippen molar-refractivity contribution in [3.05, 3.63) is 71.0 Å². The molecular formula is C20H16F3N3OS. The van der Waals surface area contributed by atoms with Gasteiger partial charge < -0.3 is 4.90 Å². The van der Waals surface area contributed by atoms with Gasteiger partial charge in [-0.2, -0.15) is 13.2 Å². The summed E-state index contributed by atoms with van der Waals surface area (Å²) < 4.78 is 38.8. The van der Waals surface area contributed by atoms with Crippen LogP contribution in [0.2, 0.25) is 0 Å². The summed E-state index contributed by atoms with van der Waals surface area (Å²) in [5.74, 6) is -0.200. The van der Waals surface area contributed by atoms with Gasteiger partial charge in [0.1, 0.15) is 10.7 Å². The van der Waals surface area contributed by atoms with E-state index in [0.29, 0.717) is 17.1 Å². The van der Waals surface area contributed by atoms with E-state index >= 15 is 0 Å². The van der Waals surface area contributed by atoms with Crippen LogP contribution in [0.4, 0.5) is 13.2 Å². The first kappa shape index (κ1) is 18.6. The molecule has 2 heterocycles. The van der Waals surface area contributed by atoms with Crippen molar-refractivity contribution in [3.63, 3.8) is 0 Å². The van der Waals surface area contributed by atoms with Gasteiger partial charge >= 0.3 is 6.18 Å². The SMILES string of the molecule is O=C(c1csc(-c2cccc(C(F)(F)F)c2)n1)N(Cc1ccncc1)C1CC1. The summed E-state index contributed by atoms with van der Waals surface area (Å²) in [4.78, 5) is 23.1. The highest BCUT2D eigenvalue weighted by Crippen LogP contribution is 2.34. The maximum absolute atomic E-state index is 13.0. The monoisotopic (exact) mass is 403 g/mol. The van der Waals surface area contributed by atoms with Crippen LogP contribution in [0, 0.1) is 0 Å². The first-order valence-electron chi connectivity index (χ1n) is 8.75. The van der Waals surface area contributed by atoms with Crippen molar-refractivity contribution in [2.24, 2.45) is 0 Å². The Morgan fingerprint density at radius 1 is 1.18 bits per heavy atom. The summed E-state index contributed by atoms with van der Waals surface area (Å²) in [6.07, 6.45) is 0.834. The first-order valence-corrected chi connectivity index (χ1v) is 9.63. The van der Waals surface area contributed by atoms with Gasteiger partial charge in [0, 0.05) is 35.9 Å². The third-order valence-electron chi connectivity index (χ3n) is 4.51. The maximum atomic E-state index is 13.0. The standard InChI is InChI=1S/C20H16F3N3OS/c21-20(22,23)15-3-1-2-14(10-15)18-25-17(12-28-18)19(27)26(16-4-5-16)11-13-6-8-24-9-7-13/h1-3,6-10,12,16H,4-5,11H2. The molecule has 8 heteroatoms. The number of pyridine rings is 1. The molecule has 1 saturated carbocycles. The van der Waals surface area contributed by atoms with E-state index in [-0.39, 0.29) is 17.6 Å². The van der Waals surface area contributed by atoms with Crippen LogP contribution in [0.3, 0.4) is 0 Å². The molecule has 4 rings (SSSR count). The molecule has 1 aromatic carbocycles. The van der Waals surface area contributed by atoms with E-state index < -0.39 is 11.7 Å². The normalized spacial score (nSPS) is 14.1. The van der Waals surface area contributed by atoms with Crippen molar-refractivity contribution in [1.82, 2.24) is 14.9 Å². The molecule has 3 aromatic rings. The lowest BCUT2D eigenvalue weighted by Gasteiger charge is -2.21. The Labute approximate surface area is 163 Å². The predicted molar refractivity (Wildman–Crippen MR) is 99.7 cm³/mol. The molecule has 0 N–H and O–H groups in total. The topological polar surface area (TPSA) is 46.1 Å². The van der Waals surface area contributed by atoms with Crippen LogP contribution < -0.4 is 0 Å². The summed E-state index contributed by atoms with van der Waals surface area (Å²) >= 11 is 1.17. The number of amides is 1. The number of nitrogens with zero attached hydrogens (tertiary/aromatic N) is 3. The molecule has 2 aromatic heterocycles. The summed E-state index contributed by atoms with van der Waals surface area (Å²) in [6, 6.07) is 8.89. The number of hydrogen-bond acceptors (Lipinski definition) is 4. The number of carbonyl (C=O) groups is 1. The molecule has 1 aliphatic carbocycles. The molecular weight excluding hydrogens is 387 g/mol. The number of benzene rings is 1. The van der Waals surface area contributed by atoms with E-state index in [0.717, 1.165) is 30.5 Å². The van der Waals surface area contributed by atoms with Gasteiger partial charge in [0.05, 0.1) is 5.56 Å². The second-order valence-corrected chi connectivity index (χ2v) is 7.49. The van der Waals surface area contributed by atoms with Crippen LogP contribution in [0.25, 0.3) is 10.6 Å². The Morgan fingerprint density at radius 3 is 2.61 bits per heavy atom. The zero-order chi connectivity index (χ0) is 19.7. The minimum Gasteiger partial charge on any atom is -0.330 e. The van der Waals surface area contributed by atoms with Gasteiger partial charge in [-0.1, -0.05) is 12.1 Å². The van der Waals surface area contributed by atoms with Gasteiger partial charge in [-0.15, -0.1) is 11.3 Å². The average Bonchev–Trinajstić information content (AvgIpc) is 3.41. The third kappa shape index (κ3) is 4.06. The van der Waals surface area contributed by atoms with Crippen molar-refractivity contribution in [2.45, 2.75) is 31.6 Å². The van der Waals surface area contributed by atoms with E-state index in [4.69, 9.17) is 0 Å². The largest absolute Gasteiger partial charge is 0.416 e. The highest BCUT2D eigenvalue weighted by molar-refractivity contribution is 7.13. The Kier molecular flexibility index (Phi) is 4.89. The van der Waals surface area contributed by atoms with Crippen LogP contribution in [-0.2, 0) is 12.7 Å². The fraction of sp³-hybridized carbons (Fsp3) is 0.250. The van der Waals surface area contributed by atoms with Crippen molar-refractivity contribution in [1.29, 1.82) is 0 Å². The molecule has 1 fully saturated rings. The molecule has 1 aliphatic rings. The zero-order valence-corrected chi connectivity index (χ0v) is 15.5. The van der Waals surface area contributed by atoms with E-state index in [2.05, 4.69) is 9.97 Å². The van der Waals surface area contributed by atoms with Gasteiger partial charge in [0.25, 0.3) is 5.91 Å². The first-order chi connectivity index (χ1) is 13.4. The molecule has 1 amide bonds. The van der Waals surface area contributed by atoms with Crippen LogP contribution in [0.1, 0.15) is 34.5 Å². The molecule has 0 aliphatic heterocycles. The van der Waals surface area contributed by atoms with Gasteiger partial charge in [-0.05, 0) is 42.7 Å². The maximum Gasteiger partial charge on any atom is 0.416 e. The number of alkyl halides is 3. The Balaban J connectivity index is 1.57. The lowest BCUT2D eigenvalue weighted by Crippen LogP contribution is -2.32. The second-order valence-electron chi connectivity index (χ2n) is 6.64. The molecule has 0 saturated heterocycles. The second kappa shape index (κ2) is 7.35. The summed E-state index contributed by atoms with van der Waals surface area (Å²) in [7, 11) is 0. The highest BCUT2D eigenvalue weighted by atomic mass is 32.1. The molecule has 144 valence electrons. The quantitative estimate of drug-likeness (QED) is 0.600. The Morgan fingerprint density at radius 2 is 1.93 bits per heavy atom. The van der Waals surface area contributed by atoms with Crippen molar-refractivity contribution in [3.8, 4) is 10.6 Å². The molecule has 0 radical (unpaired) electrons. The molecule has 4 nitrogen and oxygen atoms in total. The van der Waals surface area contributed by atoms with Crippen molar-refractivity contribution < 1.29 is 18.0 Å². The lowest BCUT2D eigenvalue weighted by molar-refractivity contribution is -0.137. The highest BCUT2D eigenvalue weighted by Gasteiger charge is 2.34. The number of carbonyl (C=O) groups excluding carboxylic acids is 1. The fourth-order valence-electron chi connectivity index (χ4n) is 2.92. The summed E-state index contributed by atoms with van der Waals surface area (Å²) in [6.45, 7) is 0.461. The smallest absolute Gasteiger partial charge is 0.330 e. The van der Waals surface area contributed by atoms with Gasteiger partial charge in [-0.3, -0.25) is 9.78 Å². The average molecular weight is 403 g/mol. The number of halogens is 3. The van der Waals surface area contributed by atoms with Crippen LogP contribution in [-0.4, -0.2) is 26.8 Å². The molecule has 0 bridgehead atoms. The number of hydrogen-bond donors (Lipinski definition) is 0. The zero-order valence-electron chi connectivity index (χ0n) is 14.7. The third-order valence-corrected chi connectivity index (χ3v) is 5.40. The minimum absolute atomic E-state index is 0.180. The number of aromatic nitrogens is 2. The Bertz CT molecular complexity index is 984. The predicted octanol–water partition coefficient (Wildman–Crippen LogP) is 5.03. The van der Waals surface area contributed by atoms with E-state index in [1.165, 1.54) is 17.4 Å². The Hall–Kier alpha value is -2.74. The van der Waals surface area contributed by atoms with E-state index in [9.17, 15) is 18.0 Å². The number of thiazole rings is 1.